The molecule has 0 atom stereocenters. The smallest absolute Gasteiger partial charge is 0.222 e. The molecule has 0 unspecified atom stereocenters. The first-order valence-corrected chi connectivity index (χ1v) is 4.39. The van der Waals surface area contributed by atoms with Gasteiger partial charge in [0.2, 0.25) is 5.88 Å². The largest absolute Gasteiger partial charge is 0.368 e. The summed E-state index contributed by atoms with van der Waals surface area (Å²) in [4.78, 5) is 4.06. The van der Waals surface area contributed by atoms with Crippen LogP contribution in [0.4, 0.5) is 5.88 Å². The van der Waals surface area contributed by atoms with Gasteiger partial charge in [0.1, 0.15) is 10.3 Å². The maximum Gasteiger partial charge on any atom is 0.222 e. The van der Waals surface area contributed by atoms with Crippen LogP contribution in [-0.4, -0.2) is 10.1 Å². The molecule has 0 aliphatic carbocycles. The second kappa shape index (κ2) is 3.18. The van der Waals surface area contributed by atoms with Gasteiger partial charge in [0.25, 0.3) is 0 Å². The van der Waals surface area contributed by atoms with E-state index in [2.05, 4.69) is 26.1 Å². The third kappa shape index (κ3) is 1.70. The fourth-order valence-electron chi connectivity index (χ4n) is 0.953. The van der Waals surface area contributed by atoms with Crippen LogP contribution in [0.5, 0.6) is 0 Å². The van der Waals surface area contributed by atoms with Gasteiger partial charge in [-0.2, -0.15) is 0 Å². The summed E-state index contributed by atoms with van der Waals surface area (Å²) in [6.07, 6.45) is 1.70. The maximum atomic E-state index is 5.39. The first kappa shape index (κ1) is 8.25. The third-order valence-electron chi connectivity index (χ3n) is 1.55. The number of aromatic nitrogens is 2. The summed E-state index contributed by atoms with van der Waals surface area (Å²) in [7, 11) is 0. The highest BCUT2D eigenvalue weighted by atomic mass is 79.9. The van der Waals surface area contributed by atoms with Crippen molar-refractivity contribution in [1.82, 2.24) is 10.1 Å². The molecule has 0 aliphatic rings. The summed E-state index contributed by atoms with van der Waals surface area (Å²) in [5, 5.41) is 3.76. The van der Waals surface area contributed by atoms with Gasteiger partial charge in [0.05, 0.1) is 0 Å². The van der Waals surface area contributed by atoms with Crippen molar-refractivity contribution in [2.45, 2.75) is 0 Å². The molecule has 2 aromatic rings. The molecule has 0 saturated heterocycles. The lowest BCUT2D eigenvalue weighted by Crippen LogP contribution is -1.79. The fourth-order valence-corrected chi connectivity index (χ4v) is 1.19. The normalized spacial score (nSPS) is 10.2. The molecular weight excluding hydrogens is 234 g/mol. The quantitative estimate of drug-likeness (QED) is 0.775. The number of nitrogens with zero attached hydrogens (tertiary/aromatic N) is 2. The van der Waals surface area contributed by atoms with Gasteiger partial charge < -0.3 is 10.3 Å². The SMILES string of the molecule is Nc1cc(-c2ccc(Br)nc2)no1. The van der Waals surface area contributed by atoms with Crippen LogP contribution in [0.15, 0.2) is 33.5 Å². The summed E-state index contributed by atoms with van der Waals surface area (Å²) in [6.45, 7) is 0. The zero-order valence-electron chi connectivity index (χ0n) is 6.57. The minimum absolute atomic E-state index is 0.304. The second-order valence-electron chi connectivity index (χ2n) is 2.48. The van der Waals surface area contributed by atoms with Crippen molar-refractivity contribution in [2.24, 2.45) is 0 Å². The van der Waals surface area contributed by atoms with E-state index >= 15 is 0 Å². The molecule has 0 amide bonds. The molecule has 2 aromatic heterocycles. The van der Waals surface area contributed by atoms with Gasteiger partial charge in [-0.25, -0.2) is 4.98 Å². The summed E-state index contributed by atoms with van der Waals surface area (Å²) in [5.41, 5.74) is 6.96. The molecule has 0 spiro atoms. The number of hydrogen-bond acceptors (Lipinski definition) is 4. The number of anilines is 1. The Hall–Kier alpha value is -1.36. The molecular formula is C8H6BrN3O. The lowest BCUT2D eigenvalue weighted by molar-refractivity contribution is 0.439. The van der Waals surface area contributed by atoms with Crippen LogP contribution in [0.25, 0.3) is 11.3 Å². The predicted molar refractivity (Wildman–Crippen MR) is 51.8 cm³/mol. The van der Waals surface area contributed by atoms with Crippen LogP contribution >= 0.6 is 15.9 Å². The molecule has 2 rings (SSSR count). The van der Waals surface area contributed by atoms with Crippen LogP contribution in [-0.2, 0) is 0 Å². The highest BCUT2D eigenvalue weighted by Crippen LogP contribution is 2.20. The van der Waals surface area contributed by atoms with Crippen molar-refractivity contribution in [3.63, 3.8) is 0 Å². The number of nitrogens with two attached hydrogens (primary N) is 1. The Bertz CT molecular complexity index is 410. The van der Waals surface area contributed by atoms with Gasteiger partial charge in [-0.05, 0) is 28.1 Å². The first-order valence-electron chi connectivity index (χ1n) is 3.60. The highest BCUT2D eigenvalue weighted by molar-refractivity contribution is 9.10. The van der Waals surface area contributed by atoms with E-state index in [0.717, 1.165) is 10.2 Å². The molecule has 2 heterocycles. The standard InChI is InChI=1S/C8H6BrN3O/c9-7-2-1-5(4-11-7)6-3-8(10)13-12-6/h1-4H,10H2. The van der Waals surface area contributed by atoms with E-state index in [1.54, 1.807) is 12.3 Å². The molecule has 0 aliphatic heterocycles. The monoisotopic (exact) mass is 239 g/mol. The molecule has 2 N–H and O–H groups in total. The lowest BCUT2D eigenvalue weighted by atomic mass is 10.2. The Balaban J connectivity index is 2.41. The summed E-state index contributed by atoms with van der Waals surface area (Å²) < 4.78 is 5.52. The summed E-state index contributed by atoms with van der Waals surface area (Å²) in [6, 6.07) is 5.37. The number of halogens is 1. The molecule has 0 radical (unpaired) electrons. The number of nitrogen functional groups attached to an aromatic ring is 1. The zero-order chi connectivity index (χ0) is 9.26. The van der Waals surface area contributed by atoms with Crippen molar-refractivity contribution in [3.8, 4) is 11.3 Å². The Morgan fingerprint density at radius 3 is 2.77 bits per heavy atom. The molecule has 0 bridgehead atoms. The van der Waals surface area contributed by atoms with Gasteiger partial charge in [0.15, 0.2) is 0 Å². The van der Waals surface area contributed by atoms with E-state index in [9.17, 15) is 0 Å². The third-order valence-corrected chi connectivity index (χ3v) is 2.02. The van der Waals surface area contributed by atoms with Crippen LogP contribution in [0.2, 0.25) is 0 Å². The molecule has 4 nitrogen and oxygen atoms in total. The van der Waals surface area contributed by atoms with E-state index in [1.165, 1.54) is 0 Å². The number of pyridine rings is 1. The van der Waals surface area contributed by atoms with Gasteiger partial charge in [-0.1, -0.05) is 5.16 Å². The summed E-state index contributed by atoms with van der Waals surface area (Å²) in [5.74, 6) is 0.304. The molecule has 0 fully saturated rings. The van der Waals surface area contributed by atoms with Gasteiger partial charge in [0, 0.05) is 17.8 Å². The predicted octanol–water partition coefficient (Wildman–Crippen LogP) is 2.08. The number of hydrogen-bond donors (Lipinski definition) is 1. The van der Waals surface area contributed by atoms with Gasteiger partial charge >= 0.3 is 0 Å². The van der Waals surface area contributed by atoms with Crippen LogP contribution < -0.4 is 5.73 Å². The van der Waals surface area contributed by atoms with E-state index in [1.807, 2.05) is 12.1 Å². The van der Waals surface area contributed by atoms with Gasteiger partial charge in [-0.3, -0.25) is 0 Å². The molecule has 13 heavy (non-hydrogen) atoms. The lowest BCUT2D eigenvalue weighted by Gasteiger charge is -1.93. The zero-order valence-corrected chi connectivity index (χ0v) is 8.15. The Kier molecular flexibility index (Phi) is 2.02. The minimum atomic E-state index is 0.304. The van der Waals surface area contributed by atoms with Crippen LogP contribution in [0.3, 0.4) is 0 Å². The molecule has 5 heteroatoms. The van der Waals surface area contributed by atoms with Crippen LogP contribution in [0.1, 0.15) is 0 Å². The minimum Gasteiger partial charge on any atom is -0.368 e. The summed E-state index contributed by atoms with van der Waals surface area (Å²) >= 11 is 3.24. The number of rotatable bonds is 1. The van der Waals surface area contributed by atoms with E-state index in [-0.39, 0.29) is 0 Å². The van der Waals surface area contributed by atoms with E-state index in [4.69, 9.17) is 10.3 Å². The van der Waals surface area contributed by atoms with E-state index in [0.29, 0.717) is 11.6 Å². The van der Waals surface area contributed by atoms with Crippen molar-refractivity contribution in [2.75, 3.05) is 5.73 Å². The first-order chi connectivity index (χ1) is 6.25. The van der Waals surface area contributed by atoms with Gasteiger partial charge in [-0.15, -0.1) is 0 Å². The Morgan fingerprint density at radius 2 is 2.23 bits per heavy atom. The van der Waals surface area contributed by atoms with Crippen molar-refractivity contribution >= 4 is 21.8 Å². The Morgan fingerprint density at radius 1 is 1.38 bits per heavy atom. The average molecular weight is 240 g/mol. The second-order valence-corrected chi connectivity index (χ2v) is 3.30. The molecule has 0 saturated carbocycles. The molecule has 66 valence electrons. The molecule has 0 aromatic carbocycles. The highest BCUT2D eigenvalue weighted by Gasteiger charge is 2.03. The van der Waals surface area contributed by atoms with Crippen molar-refractivity contribution in [1.29, 1.82) is 0 Å². The van der Waals surface area contributed by atoms with Crippen LogP contribution in [0, 0.1) is 0 Å². The average Bonchev–Trinajstić information content (AvgIpc) is 2.53. The maximum absolute atomic E-state index is 5.39. The van der Waals surface area contributed by atoms with Crippen molar-refractivity contribution < 1.29 is 4.52 Å². The van der Waals surface area contributed by atoms with E-state index < -0.39 is 0 Å². The fraction of sp³-hybridized carbons (Fsp3) is 0. The van der Waals surface area contributed by atoms with Crippen molar-refractivity contribution in [3.05, 3.63) is 29.0 Å². The topological polar surface area (TPSA) is 64.9 Å². The Labute approximate surface area is 82.9 Å².